The minimum absolute atomic E-state index is 0.147. The summed E-state index contributed by atoms with van der Waals surface area (Å²) in [6, 6.07) is 13.2. The second-order valence-corrected chi connectivity index (χ2v) is 12.0. The Kier molecular flexibility index (Phi) is 9.93. The molecule has 1 aromatic heterocycles. The molecule has 1 fully saturated rings. The van der Waals surface area contributed by atoms with Crippen LogP contribution in [0.4, 0.5) is 46.8 Å². The monoisotopic (exact) mass is 641 g/mol. The van der Waals surface area contributed by atoms with E-state index in [1.165, 1.54) is 6.20 Å². The number of nitrogens with zero attached hydrogens (tertiary/aromatic N) is 2. The maximum absolute atomic E-state index is 12.5. The number of hydrogen-bond donors (Lipinski definition) is 6. The highest BCUT2D eigenvalue weighted by molar-refractivity contribution is 7.90. The summed E-state index contributed by atoms with van der Waals surface area (Å²) < 4.78 is 58.1. The minimum atomic E-state index is -5.08. The molecule has 0 spiro atoms. The molecule has 17 heteroatoms. The van der Waals surface area contributed by atoms with E-state index in [0.29, 0.717) is 41.7 Å². The largest absolute Gasteiger partial charge is 0.490 e. The number of amides is 2. The molecule has 2 aromatic carbocycles. The molecule has 6 bridgehead atoms. The van der Waals surface area contributed by atoms with Crippen LogP contribution in [-0.2, 0) is 27.7 Å². The normalized spacial score (nSPS) is 14.2. The van der Waals surface area contributed by atoms with Gasteiger partial charge in [-0.05, 0) is 67.1 Å². The van der Waals surface area contributed by atoms with E-state index in [0.717, 1.165) is 28.9 Å². The van der Waals surface area contributed by atoms with Crippen molar-refractivity contribution in [2.75, 3.05) is 29.0 Å². The molecule has 1 saturated carbocycles. The molecule has 5 rings (SSSR count). The summed E-state index contributed by atoms with van der Waals surface area (Å²) in [6.07, 6.45) is -0.733. The fourth-order valence-electron chi connectivity index (χ4n) is 3.90. The van der Waals surface area contributed by atoms with Crippen molar-refractivity contribution in [1.29, 1.82) is 0 Å². The number of carbonyl (C=O) groups excluding carboxylic acids is 1. The number of anilines is 5. The molecule has 0 radical (unpaired) electrons. The lowest BCUT2D eigenvalue weighted by Crippen LogP contribution is -2.38. The first kappa shape index (κ1) is 31.8. The van der Waals surface area contributed by atoms with E-state index in [1.807, 2.05) is 42.5 Å². The molecule has 12 nitrogen and oxygen atoms in total. The first-order valence-electron chi connectivity index (χ1n) is 12.9. The number of aliphatic carboxylic acids is 1. The average Bonchev–Trinajstić information content (AvgIpc) is 3.79. The molecule has 0 saturated heterocycles. The highest BCUT2D eigenvalue weighted by Gasteiger charge is 2.38. The third kappa shape index (κ3) is 9.42. The number of fused-ring (bicyclic) bond motifs is 6. The van der Waals surface area contributed by atoms with E-state index >= 15 is 0 Å². The van der Waals surface area contributed by atoms with E-state index in [2.05, 4.69) is 36.0 Å². The molecule has 0 unspecified atom stereocenters. The van der Waals surface area contributed by atoms with Gasteiger partial charge in [0.1, 0.15) is 5.02 Å². The van der Waals surface area contributed by atoms with Crippen LogP contribution >= 0.6 is 11.6 Å². The molecular weight excluding hydrogens is 615 g/mol. The highest BCUT2D eigenvalue weighted by Crippen LogP contribution is 2.30. The van der Waals surface area contributed by atoms with Gasteiger partial charge in [0.2, 0.25) is 16.0 Å². The molecule has 6 N–H and O–H groups in total. The number of nitrogens with one attached hydrogen (secondary N) is 5. The number of halogens is 4. The Morgan fingerprint density at radius 3 is 2.47 bits per heavy atom. The van der Waals surface area contributed by atoms with Crippen LogP contribution in [0, 0.1) is 0 Å². The molecule has 2 amide bonds. The second-order valence-electron chi connectivity index (χ2n) is 9.53. The second kappa shape index (κ2) is 13.4. The van der Waals surface area contributed by atoms with Gasteiger partial charge in [-0.15, -0.1) is 0 Å². The lowest BCUT2D eigenvalue weighted by Gasteiger charge is -2.15. The van der Waals surface area contributed by atoms with Crippen molar-refractivity contribution in [2.45, 2.75) is 37.1 Å². The van der Waals surface area contributed by atoms with Gasteiger partial charge in [0.15, 0.2) is 5.82 Å². The molecule has 3 aromatic rings. The van der Waals surface area contributed by atoms with Crippen LogP contribution in [-0.4, -0.2) is 60.0 Å². The fourth-order valence-corrected chi connectivity index (χ4v) is 5.41. The predicted molar refractivity (Wildman–Crippen MR) is 155 cm³/mol. The Morgan fingerprint density at radius 1 is 1.05 bits per heavy atom. The Hall–Kier alpha value is -4.15. The van der Waals surface area contributed by atoms with E-state index < -0.39 is 28.2 Å². The van der Waals surface area contributed by atoms with Gasteiger partial charge in [0.05, 0.1) is 11.4 Å². The van der Waals surface area contributed by atoms with Crippen LogP contribution in [0.25, 0.3) is 0 Å². The fraction of sp³-hybridized carbons (Fsp3) is 0.308. The van der Waals surface area contributed by atoms with Crippen molar-refractivity contribution in [3.8, 4) is 0 Å². The zero-order valence-electron chi connectivity index (χ0n) is 22.3. The number of hydrogen-bond acceptors (Lipinski definition) is 8. The van der Waals surface area contributed by atoms with Gasteiger partial charge in [-0.25, -0.2) is 27.7 Å². The van der Waals surface area contributed by atoms with Crippen molar-refractivity contribution in [3.63, 3.8) is 0 Å². The molecule has 0 atom stereocenters. The first-order chi connectivity index (χ1) is 20.3. The van der Waals surface area contributed by atoms with Crippen molar-refractivity contribution < 1.29 is 36.3 Å². The number of carboxylic acid groups (broad SMARTS) is 1. The number of aromatic nitrogens is 2. The number of sulfonamides is 1. The Balaban J connectivity index is 0.000000541. The molecule has 1 aliphatic heterocycles. The predicted octanol–water partition coefficient (Wildman–Crippen LogP) is 4.55. The van der Waals surface area contributed by atoms with E-state index in [-0.39, 0.29) is 18.3 Å². The summed E-state index contributed by atoms with van der Waals surface area (Å²) >= 11 is 6.32. The number of carbonyl (C=O) groups is 2. The molecular formula is C26H27ClF3N7O5S. The standard InChI is InChI=1S/C24H26ClN7O3S.C2HF3O2/c25-20-14-27-23-30-17-3-1-2-15(12-17)4-5-16-13-18(29-22(20)32-23)6-9-21(16)31-24(33)26-10-11-28-36(34,35)19-7-8-19;3-2(4,5)1(6)7/h1-3,6,9,12-14,19,28H,4-5,7-8,10-11H2,(H2,26,31,33)(H2,27,29,30,32);(H,6,7). The van der Waals surface area contributed by atoms with E-state index in [1.54, 1.807) is 0 Å². The number of aryl methyl sites for hydroxylation is 2. The minimum Gasteiger partial charge on any atom is -0.475 e. The number of carboxylic acids is 1. The van der Waals surface area contributed by atoms with Gasteiger partial charge < -0.3 is 26.4 Å². The zero-order chi connectivity index (χ0) is 31.2. The summed E-state index contributed by atoms with van der Waals surface area (Å²) in [7, 11) is -3.27. The summed E-state index contributed by atoms with van der Waals surface area (Å²) in [5, 5.41) is 19.2. The van der Waals surface area contributed by atoms with Crippen LogP contribution < -0.4 is 26.0 Å². The summed E-state index contributed by atoms with van der Waals surface area (Å²) in [5.41, 5.74) is 4.33. The summed E-state index contributed by atoms with van der Waals surface area (Å²) in [5.74, 6) is -1.87. The number of alkyl halides is 3. The first-order valence-corrected chi connectivity index (χ1v) is 14.8. The van der Waals surface area contributed by atoms with Crippen LogP contribution in [0.3, 0.4) is 0 Å². The highest BCUT2D eigenvalue weighted by atomic mass is 35.5. The third-order valence-corrected chi connectivity index (χ3v) is 8.38. The van der Waals surface area contributed by atoms with Crippen LogP contribution in [0.5, 0.6) is 0 Å². The zero-order valence-corrected chi connectivity index (χ0v) is 23.9. The van der Waals surface area contributed by atoms with E-state index in [9.17, 15) is 26.4 Å². The maximum Gasteiger partial charge on any atom is 0.490 e. The van der Waals surface area contributed by atoms with Gasteiger partial charge >= 0.3 is 18.2 Å². The summed E-state index contributed by atoms with van der Waals surface area (Å²) in [4.78, 5) is 30.2. The van der Waals surface area contributed by atoms with Crippen molar-refractivity contribution in [3.05, 3.63) is 64.8 Å². The number of urea groups is 1. The third-order valence-electron chi connectivity index (χ3n) is 6.15. The average molecular weight is 642 g/mol. The van der Waals surface area contributed by atoms with Crippen LogP contribution in [0.1, 0.15) is 24.0 Å². The molecule has 2 aliphatic rings. The maximum atomic E-state index is 12.5. The van der Waals surface area contributed by atoms with Gasteiger partial charge in [0, 0.05) is 30.2 Å². The van der Waals surface area contributed by atoms with Crippen molar-refractivity contribution in [2.24, 2.45) is 0 Å². The van der Waals surface area contributed by atoms with Gasteiger partial charge in [0.25, 0.3) is 0 Å². The number of rotatable bonds is 6. The molecule has 43 heavy (non-hydrogen) atoms. The molecule has 230 valence electrons. The Morgan fingerprint density at radius 2 is 1.77 bits per heavy atom. The molecule has 2 heterocycles. The van der Waals surface area contributed by atoms with Gasteiger partial charge in [-0.1, -0.05) is 23.7 Å². The Labute approximate surface area is 249 Å². The lowest BCUT2D eigenvalue weighted by molar-refractivity contribution is -0.192. The number of benzene rings is 2. The summed E-state index contributed by atoms with van der Waals surface area (Å²) in [6.45, 7) is 0.328. The molecule has 1 aliphatic carbocycles. The van der Waals surface area contributed by atoms with Crippen LogP contribution in [0.15, 0.2) is 48.7 Å². The topological polar surface area (TPSA) is 174 Å². The SMILES string of the molecule is O=C(NCCNS(=O)(=O)C1CC1)Nc1ccc2cc1CCc1cccc(c1)Nc1ncc(Cl)c(n1)N2.O=C(O)C(F)(F)F. The Bertz CT molecular complexity index is 1600. The quantitative estimate of drug-likeness (QED) is 0.211. The van der Waals surface area contributed by atoms with Gasteiger partial charge in [-0.3, -0.25) is 0 Å². The van der Waals surface area contributed by atoms with E-state index in [4.69, 9.17) is 21.5 Å². The smallest absolute Gasteiger partial charge is 0.475 e. The lowest BCUT2D eigenvalue weighted by atomic mass is 10.0. The van der Waals surface area contributed by atoms with Crippen molar-refractivity contribution >= 4 is 62.5 Å². The van der Waals surface area contributed by atoms with Gasteiger partial charge in [-0.2, -0.15) is 18.2 Å². The van der Waals surface area contributed by atoms with Crippen LogP contribution in [0.2, 0.25) is 5.02 Å². The van der Waals surface area contributed by atoms with Crippen molar-refractivity contribution in [1.82, 2.24) is 20.0 Å².